The van der Waals surface area contributed by atoms with Crippen LogP contribution in [0.15, 0.2) is 12.2 Å². The number of allylic oxidation sites excluding steroid dienone is 1. The fourth-order valence-electron chi connectivity index (χ4n) is 1.47. The van der Waals surface area contributed by atoms with Gasteiger partial charge in [-0.25, -0.2) is 0 Å². The van der Waals surface area contributed by atoms with Crippen molar-refractivity contribution < 1.29 is 5.11 Å². The molecule has 12 heavy (non-hydrogen) atoms. The van der Waals surface area contributed by atoms with Crippen LogP contribution in [0.4, 0.5) is 0 Å². The second-order valence-electron chi connectivity index (χ2n) is 3.09. The fraction of sp³-hybridized carbons (Fsp3) is 0.778. The minimum Gasteiger partial charge on any atom is -0.378 e. The molecule has 0 saturated carbocycles. The third-order valence-corrected chi connectivity index (χ3v) is 2.54. The molecule has 1 unspecified atom stereocenters. The van der Waals surface area contributed by atoms with Crippen LogP contribution in [0.1, 0.15) is 19.3 Å². The molecule has 1 aliphatic rings. The number of nitrogens with zero attached hydrogens (tertiary/aromatic N) is 1. The molecule has 1 rings (SSSR count). The van der Waals surface area contributed by atoms with E-state index in [1.807, 2.05) is 12.2 Å². The average molecular weight is 234 g/mol. The van der Waals surface area contributed by atoms with E-state index < -0.39 is 0 Å². The monoisotopic (exact) mass is 233 g/mol. The van der Waals surface area contributed by atoms with Crippen LogP contribution in [-0.4, -0.2) is 34.7 Å². The molecule has 1 saturated heterocycles. The maximum absolute atomic E-state index is 9.63. The number of hydrogen-bond acceptors (Lipinski definition) is 2. The number of halogens is 1. The molecule has 1 atom stereocenters. The maximum Gasteiger partial charge on any atom is 0.110 e. The van der Waals surface area contributed by atoms with Gasteiger partial charge in [0.15, 0.2) is 0 Å². The Hall–Kier alpha value is 0.140. The van der Waals surface area contributed by atoms with Crippen LogP contribution >= 0.6 is 15.9 Å². The lowest BCUT2D eigenvalue weighted by molar-refractivity contribution is 0.0235. The SMILES string of the molecule is OC(C/C=C/CBr)N1CCCC1. The largest absolute Gasteiger partial charge is 0.378 e. The third kappa shape index (κ3) is 3.25. The molecule has 0 aromatic carbocycles. The summed E-state index contributed by atoms with van der Waals surface area (Å²) in [6, 6.07) is 0. The molecule has 0 aromatic heterocycles. The Morgan fingerprint density at radius 2 is 2.00 bits per heavy atom. The summed E-state index contributed by atoms with van der Waals surface area (Å²) in [6.45, 7) is 2.12. The molecule has 1 heterocycles. The molecule has 2 nitrogen and oxygen atoms in total. The molecule has 0 aliphatic carbocycles. The molecule has 3 heteroatoms. The van der Waals surface area contributed by atoms with Crippen LogP contribution < -0.4 is 0 Å². The highest BCUT2D eigenvalue weighted by Crippen LogP contribution is 2.12. The highest BCUT2D eigenvalue weighted by atomic mass is 79.9. The first-order chi connectivity index (χ1) is 5.84. The normalized spacial score (nSPS) is 22.2. The quantitative estimate of drug-likeness (QED) is 0.591. The van der Waals surface area contributed by atoms with E-state index in [4.69, 9.17) is 0 Å². The van der Waals surface area contributed by atoms with Crippen LogP contribution in [0.25, 0.3) is 0 Å². The van der Waals surface area contributed by atoms with E-state index in [-0.39, 0.29) is 6.23 Å². The number of likely N-dealkylation sites (tertiary alicyclic amines) is 1. The van der Waals surface area contributed by atoms with Crippen molar-refractivity contribution in [1.82, 2.24) is 4.90 Å². The van der Waals surface area contributed by atoms with Gasteiger partial charge in [-0.15, -0.1) is 0 Å². The molecule has 1 N–H and O–H groups in total. The van der Waals surface area contributed by atoms with Gasteiger partial charge in [0, 0.05) is 24.8 Å². The van der Waals surface area contributed by atoms with Gasteiger partial charge >= 0.3 is 0 Å². The summed E-state index contributed by atoms with van der Waals surface area (Å²) in [5.74, 6) is 0. The Morgan fingerprint density at radius 3 is 2.58 bits per heavy atom. The first kappa shape index (κ1) is 10.2. The zero-order chi connectivity index (χ0) is 8.81. The van der Waals surface area contributed by atoms with Crippen LogP contribution in [0.5, 0.6) is 0 Å². The lowest BCUT2D eigenvalue weighted by Crippen LogP contribution is -2.31. The molecule has 0 amide bonds. The van der Waals surface area contributed by atoms with E-state index >= 15 is 0 Å². The second-order valence-corrected chi connectivity index (χ2v) is 3.73. The highest BCUT2D eigenvalue weighted by Gasteiger charge is 2.17. The van der Waals surface area contributed by atoms with Crippen molar-refractivity contribution in [2.45, 2.75) is 25.5 Å². The summed E-state index contributed by atoms with van der Waals surface area (Å²) in [7, 11) is 0. The molecular formula is C9H16BrNO. The Morgan fingerprint density at radius 1 is 1.33 bits per heavy atom. The molecule has 0 aromatic rings. The lowest BCUT2D eigenvalue weighted by Gasteiger charge is -2.20. The molecule has 0 radical (unpaired) electrons. The minimum atomic E-state index is -0.261. The van der Waals surface area contributed by atoms with Gasteiger partial charge in [-0.1, -0.05) is 28.1 Å². The topological polar surface area (TPSA) is 23.5 Å². The number of hydrogen-bond donors (Lipinski definition) is 1. The first-order valence-electron chi connectivity index (χ1n) is 4.47. The number of rotatable bonds is 4. The summed E-state index contributed by atoms with van der Waals surface area (Å²) in [5.41, 5.74) is 0. The number of alkyl halides is 1. The molecule has 70 valence electrons. The minimum absolute atomic E-state index is 0.261. The molecule has 0 bridgehead atoms. The van der Waals surface area contributed by atoms with Crippen molar-refractivity contribution in [3.8, 4) is 0 Å². The Bertz CT molecular complexity index is 143. The van der Waals surface area contributed by atoms with E-state index in [1.165, 1.54) is 12.8 Å². The Labute approximate surface area is 82.4 Å². The van der Waals surface area contributed by atoms with Crippen molar-refractivity contribution in [2.75, 3.05) is 18.4 Å². The first-order valence-corrected chi connectivity index (χ1v) is 5.60. The molecule has 1 fully saturated rings. The van der Waals surface area contributed by atoms with Crippen molar-refractivity contribution in [3.63, 3.8) is 0 Å². The number of aliphatic hydroxyl groups excluding tert-OH is 1. The standard InChI is InChI=1S/C9H16BrNO/c10-6-2-1-5-9(12)11-7-3-4-8-11/h1-2,9,12H,3-8H2/b2-1+. The predicted octanol–water partition coefficient (Wildman–Crippen LogP) is 1.74. The maximum atomic E-state index is 9.63. The summed E-state index contributed by atoms with van der Waals surface area (Å²) >= 11 is 3.30. The van der Waals surface area contributed by atoms with Gasteiger partial charge in [-0.05, 0) is 12.8 Å². The molecular weight excluding hydrogens is 218 g/mol. The van der Waals surface area contributed by atoms with E-state index in [0.717, 1.165) is 24.8 Å². The van der Waals surface area contributed by atoms with Crippen LogP contribution in [-0.2, 0) is 0 Å². The van der Waals surface area contributed by atoms with Gasteiger partial charge in [0.1, 0.15) is 6.23 Å². The van der Waals surface area contributed by atoms with E-state index in [9.17, 15) is 5.11 Å². The van der Waals surface area contributed by atoms with Gasteiger partial charge < -0.3 is 5.11 Å². The zero-order valence-electron chi connectivity index (χ0n) is 7.25. The number of aliphatic hydroxyl groups is 1. The highest BCUT2D eigenvalue weighted by molar-refractivity contribution is 9.09. The van der Waals surface area contributed by atoms with E-state index in [2.05, 4.69) is 20.8 Å². The van der Waals surface area contributed by atoms with Gasteiger partial charge in [-0.3, -0.25) is 4.90 Å². The van der Waals surface area contributed by atoms with E-state index in [0.29, 0.717) is 0 Å². The lowest BCUT2D eigenvalue weighted by atomic mass is 10.3. The summed E-state index contributed by atoms with van der Waals surface area (Å²) in [4.78, 5) is 2.14. The van der Waals surface area contributed by atoms with Crippen molar-refractivity contribution in [1.29, 1.82) is 0 Å². The Kier molecular flexibility index (Phi) is 4.88. The van der Waals surface area contributed by atoms with Gasteiger partial charge in [0.05, 0.1) is 0 Å². The van der Waals surface area contributed by atoms with Gasteiger partial charge in [0.2, 0.25) is 0 Å². The fourth-order valence-corrected chi connectivity index (χ4v) is 1.73. The summed E-state index contributed by atoms with van der Waals surface area (Å²) < 4.78 is 0. The molecule has 1 aliphatic heterocycles. The predicted molar refractivity (Wildman–Crippen MR) is 54.4 cm³/mol. The van der Waals surface area contributed by atoms with Gasteiger partial charge in [-0.2, -0.15) is 0 Å². The summed E-state index contributed by atoms with van der Waals surface area (Å²) in [5, 5.41) is 10.5. The second kappa shape index (κ2) is 5.73. The molecule has 0 spiro atoms. The average Bonchev–Trinajstić information content (AvgIpc) is 2.56. The van der Waals surface area contributed by atoms with Crippen molar-refractivity contribution in [2.24, 2.45) is 0 Å². The van der Waals surface area contributed by atoms with E-state index in [1.54, 1.807) is 0 Å². The van der Waals surface area contributed by atoms with Crippen molar-refractivity contribution >= 4 is 15.9 Å². The third-order valence-electron chi connectivity index (χ3n) is 2.16. The van der Waals surface area contributed by atoms with Crippen LogP contribution in [0.3, 0.4) is 0 Å². The zero-order valence-corrected chi connectivity index (χ0v) is 8.83. The van der Waals surface area contributed by atoms with Crippen LogP contribution in [0, 0.1) is 0 Å². The van der Waals surface area contributed by atoms with Gasteiger partial charge in [0.25, 0.3) is 0 Å². The van der Waals surface area contributed by atoms with Crippen LogP contribution in [0.2, 0.25) is 0 Å². The Balaban J connectivity index is 2.17. The summed E-state index contributed by atoms with van der Waals surface area (Å²) in [6.07, 6.45) is 7.02. The smallest absolute Gasteiger partial charge is 0.110 e. The van der Waals surface area contributed by atoms with Crippen molar-refractivity contribution in [3.05, 3.63) is 12.2 Å².